The number of amides is 1. The zero-order valence-corrected chi connectivity index (χ0v) is 34.6. The van der Waals surface area contributed by atoms with E-state index >= 15 is 0 Å². The summed E-state index contributed by atoms with van der Waals surface area (Å²) in [4.78, 5) is 22.7. The van der Waals surface area contributed by atoms with Crippen molar-refractivity contribution in [2.75, 3.05) is 19.8 Å². The fraction of sp³-hybridized carbons (Fsp3) is 0.705. The topological polar surface area (TPSA) is 131 Å². The summed E-state index contributed by atoms with van der Waals surface area (Å²) in [5.74, 6) is -0.222. The first-order valence-corrected chi connectivity index (χ1v) is 22.6. The Labute approximate surface area is 325 Å². The van der Waals surface area contributed by atoms with Gasteiger partial charge in [0, 0.05) is 13.0 Å². The lowest BCUT2D eigenvalue weighted by Gasteiger charge is -2.23. The van der Waals surface area contributed by atoms with E-state index in [1.54, 1.807) is 6.08 Å². The van der Waals surface area contributed by atoms with Gasteiger partial charge in [0.25, 0.3) is 0 Å². The number of phosphoric ester groups is 1. The molecule has 0 fully saturated rings. The minimum Gasteiger partial charge on any atom is -0.387 e. The van der Waals surface area contributed by atoms with E-state index < -0.39 is 20.0 Å². The lowest BCUT2D eigenvalue weighted by Crippen LogP contribution is -2.45. The van der Waals surface area contributed by atoms with Crippen molar-refractivity contribution in [3.8, 4) is 0 Å². The molecule has 3 unspecified atom stereocenters. The smallest absolute Gasteiger partial charge is 0.387 e. The molecule has 0 aliphatic carbocycles. The van der Waals surface area contributed by atoms with Gasteiger partial charge in [0.15, 0.2) is 0 Å². The van der Waals surface area contributed by atoms with Gasteiger partial charge in [0.1, 0.15) is 0 Å². The minimum absolute atomic E-state index is 0.0678. The van der Waals surface area contributed by atoms with Crippen molar-refractivity contribution in [1.82, 2.24) is 5.32 Å². The van der Waals surface area contributed by atoms with Gasteiger partial charge in [-0.2, -0.15) is 0 Å². The van der Waals surface area contributed by atoms with Gasteiger partial charge in [-0.3, -0.25) is 13.8 Å². The normalized spacial score (nSPS) is 14.9. The van der Waals surface area contributed by atoms with E-state index in [9.17, 15) is 19.4 Å². The second-order valence-corrected chi connectivity index (χ2v) is 15.3. The molecule has 0 rings (SSSR count). The third-order valence-electron chi connectivity index (χ3n) is 8.77. The molecule has 5 N–H and O–H groups in total. The zero-order valence-electron chi connectivity index (χ0n) is 33.7. The van der Waals surface area contributed by atoms with E-state index in [0.29, 0.717) is 6.42 Å². The summed E-state index contributed by atoms with van der Waals surface area (Å²) in [7, 11) is -4.35. The van der Waals surface area contributed by atoms with Crippen molar-refractivity contribution in [1.29, 1.82) is 0 Å². The summed E-state index contributed by atoms with van der Waals surface area (Å²) in [5.41, 5.74) is 5.36. The number of unbranched alkanes of at least 4 members (excludes halogenated alkanes) is 16. The van der Waals surface area contributed by atoms with Crippen LogP contribution in [-0.2, 0) is 18.4 Å². The van der Waals surface area contributed by atoms with Crippen LogP contribution in [0.2, 0.25) is 0 Å². The summed E-state index contributed by atoms with van der Waals surface area (Å²) in [6.45, 7) is 3.97. The molecule has 0 aliphatic rings. The van der Waals surface area contributed by atoms with Crippen LogP contribution < -0.4 is 11.1 Å². The molecule has 0 saturated heterocycles. The Morgan fingerprint density at radius 3 is 1.68 bits per heavy atom. The number of phosphoric acid groups is 1. The highest BCUT2D eigenvalue weighted by Crippen LogP contribution is 2.43. The van der Waals surface area contributed by atoms with Crippen LogP contribution in [0.15, 0.2) is 72.9 Å². The molecule has 0 aromatic rings. The standard InChI is InChI=1S/C44H79N2O6P/c1-3-5-7-9-11-13-15-17-19-20-21-22-24-26-28-30-32-34-36-38-44(48)46-42(41-52-53(49,50)51-40-39-45)43(47)37-35-33-31-29-27-25-23-18-16-14-12-10-8-6-4-2/h5,7,11,13,17,19,21-22,27,29,35,37,42-43,47H,3-4,6,8-10,12,14-16,18,20,23-26,28,30-34,36,38-41,45H2,1-2H3,(H,46,48)(H,49,50)/b7-5-,13-11-,19-17-,22-21-,29-27+,37-35+. The van der Waals surface area contributed by atoms with Crippen LogP contribution in [0.3, 0.4) is 0 Å². The van der Waals surface area contributed by atoms with Gasteiger partial charge in [-0.1, -0.05) is 164 Å². The summed E-state index contributed by atoms with van der Waals surface area (Å²) >= 11 is 0. The van der Waals surface area contributed by atoms with E-state index in [4.69, 9.17) is 14.8 Å². The molecule has 9 heteroatoms. The van der Waals surface area contributed by atoms with Gasteiger partial charge < -0.3 is 21.1 Å². The molecule has 3 atom stereocenters. The molecular formula is C44H79N2O6P. The maximum absolute atomic E-state index is 12.7. The van der Waals surface area contributed by atoms with Crippen LogP contribution in [0.25, 0.3) is 0 Å². The summed E-state index contributed by atoms with van der Waals surface area (Å²) in [6.07, 6.45) is 50.9. The summed E-state index contributed by atoms with van der Waals surface area (Å²) < 4.78 is 22.1. The number of rotatable bonds is 38. The lowest BCUT2D eigenvalue weighted by atomic mass is 10.1. The third kappa shape index (κ3) is 38.0. The predicted octanol–water partition coefficient (Wildman–Crippen LogP) is 11.7. The first kappa shape index (κ1) is 50.9. The van der Waals surface area contributed by atoms with Crippen molar-refractivity contribution in [2.45, 2.75) is 180 Å². The van der Waals surface area contributed by atoms with Crippen LogP contribution in [0.1, 0.15) is 168 Å². The van der Waals surface area contributed by atoms with Crippen molar-refractivity contribution in [3.63, 3.8) is 0 Å². The van der Waals surface area contributed by atoms with E-state index in [0.717, 1.165) is 77.0 Å². The van der Waals surface area contributed by atoms with E-state index in [2.05, 4.69) is 79.9 Å². The van der Waals surface area contributed by atoms with Gasteiger partial charge in [-0.05, 0) is 70.6 Å². The molecule has 0 saturated carbocycles. The van der Waals surface area contributed by atoms with Gasteiger partial charge in [-0.25, -0.2) is 4.57 Å². The molecule has 0 heterocycles. The molecule has 0 radical (unpaired) electrons. The van der Waals surface area contributed by atoms with Gasteiger partial charge in [0.2, 0.25) is 5.91 Å². The first-order valence-electron chi connectivity index (χ1n) is 21.1. The lowest BCUT2D eigenvalue weighted by molar-refractivity contribution is -0.123. The van der Waals surface area contributed by atoms with Crippen molar-refractivity contribution in [3.05, 3.63) is 72.9 Å². The van der Waals surface area contributed by atoms with Crippen LogP contribution in [0.5, 0.6) is 0 Å². The average molecular weight is 763 g/mol. The highest BCUT2D eigenvalue weighted by Gasteiger charge is 2.26. The van der Waals surface area contributed by atoms with Crippen LogP contribution in [0.4, 0.5) is 0 Å². The number of nitrogens with one attached hydrogen (secondary N) is 1. The number of nitrogens with two attached hydrogens (primary N) is 1. The number of aliphatic hydroxyl groups is 1. The molecule has 306 valence electrons. The van der Waals surface area contributed by atoms with Crippen molar-refractivity contribution < 1.29 is 28.4 Å². The second kappa shape index (κ2) is 39.6. The Hall–Kier alpha value is -2.06. The molecule has 0 aliphatic heterocycles. The average Bonchev–Trinajstić information content (AvgIpc) is 3.14. The number of hydrogen-bond donors (Lipinski definition) is 4. The molecule has 53 heavy (non-hydrogen) atoms. The fourth-order valence-corrected chi connectivity index (χ4v) is 6.37. The zero-order chi connectivity index (χ0) is 38.9. The molecule has 0 aromatic heterocycles. The molecular weight excluding hydrogens is 683 g/mol. The Bertz CT molecular complexity index is 1050. The summed E-state index contributed by atoms with van der Waals surface area (Å²) in [6, 6.07) is -0.888. The van der Waals surface area contributed by atoms with Crippen LogP contribution in [0, 0.1) is 0 Å². The monoisotopic (exact) mass is 763 g/mol. The number of carbonyl (C=O) groups excluding carboxylic acids is 1. The SMILES string of the molecule is CC/C=C\C/C=C\C/C=C\C/C=C\CCCCCCCCC(=O)NC(COP(=O)(O)OCCN)C(O)/C=C/CC/C=C/CCCCCCCCCCC. The molecule has 0 spiro atoms. The Morgan fingerprint density at radius 2 is 1.11 bits per heavy atom. The highest BCUT2D eigenvalue weighted by atomic mass is 31.2. The van der Waals surface area contributed by atoms with E-state index in [-0.39, 0.29) is 25.7 Å². The fourth-order valence-electron chi connectivity index (χ4n) is 5.61. The molecule has 1 amide bonds. The Kier molecular flexibility index (Phi) is 38.1. The Balaban J connectivity index is 4.33. The van der Waals surface area contributed by atoms with Gasteiger partial charge >= 0.3 is 7.82 Å². The highest BCUT2D eigenvalue weighted by molar-refractivity contribution is 7.47. The largest absolute Gasteiger partial charge is 0.472 e. The maximum atomic E-state index is 12.7. The predicted molar refractivity (Wildman–Crippen MR) is 226 cm³/mol. The van der Waals surface area contributed by atoms with Crippen LogP contribution >= 0.6 is 7.82 Å². The quantitative estimate of drug-likeness (QED) is 0.0280. The minimum atomic E-state index is -4.35. The maximum Gasteiger partial charge on any atom is 0.472 e. The Morgan fingerprint density at radius 1 is 0.642 bits per heavy atom. The molecule has 0 bridgehead atoms. The van der Waals surface area contributed by atoms with Crippen molar-refractivity contribution in [2.24, 2.45) is 5.73 Å². The summed E-state index contributed by atoms with van der Waals surface area (Å²) in [5, 5.41) is 13.6. The van der Waals surface area contributed by atoms with Crippen LogP contribution in [-0.4, -0.2) is 47.8 Å². The van der Waals surface area contributed by atoms with Gasteiger partial charge in [0.05, 0.1) is 25.4 Å². The molecule has 0 aromatic carbocycles. The van der Waals surface area contributed by atoms with E-state index in [1.165, 1.54) is 70.6 Å². The number of carbonyl (C=O) groups is 1. The molecule has 8 nitrogen and oxygen atoms in total. The number of aliphatic hydroxyl groups excluding tert-OH is 1. The third-order valence-corrected chi connectivity index (χ3v) is 9.75. The van der Waals surface area contributed by atoms with Crippen molar-refractivity contribution >= 4 is 13.7 Å². The number of hydrogen-bond acceptors (Lipinski definition) is 6. The number of allylic oxidation sites excluding steroid dienone is 11. The van der Waals surface area contributed by atoms with E-state index in [1.807, 2.05) is 6.08 Å². The second-order valence-electron chi connectivity index (χ2n) is 13.8. The first-order chi connectivity index (χ1) is 25.9. The van der Waals surface area contributed by atoms with Gasteiger partial charge in [-0.15, -0.1) is 0 Å².